The highest BCUT2D eigenvalue weighted by Crippen LogP contribution is 1.96. The van der Waals surface area contributed by atoms with Crippen LogP contribution in [-0.4, -0.2) is 0 Å². The van der Waals surface area contributed by atoms with Gasteiger partial charge < -0.3 is 0 Å². The lowest BCUT2D eigenvalue weighted by Gasteiger charge is -1.91. The number of unbranched alkanes of at least 4 members (excludes halogenated alkanes) is 1. The van der Waals surface area contributed by atoms with Crippen molar-refractivity contribution in [1.29, 1.82) is 0 Å². The molecule has 0 rings (SSSR count). The van der Waals surface area contributed by atoms with Gasteiger partial charge in [0.1, 0.15) is 0 Å². The molecule has 0 atom stereocenters. The molecule has 0 aromatic rings. The summed E-state index contributed by atoms with van der Waals surface area (Å²) < 4.78 is 0. The van der Waals surface area contributed by atoms with Gasteiger partial charge in [0.05, 0.1) is 0 Å². The van der Waals surface area contributed by atoms with Gasteiger partial charge in [-0.05, 0) is 18.8 Å². The molecular formula is C9H15. The molecule has 0 amide bonds. The second-order valence-electron chi connectivity index (χ2n) is 2.38. The average Bonchev–Trinajstić information content (AvgIpc) is 1.80. The van der Waals surface area contributed by atoms with E-state index in [4.69, 9.17) is 0 Å². The van der Waals surface area contributed by atoms with E-state index in [1.54, 1.807) is 0 Å². The summed E-state index contributed by atoms with van der Waals surface area (Å²) in [5, 5.41) is 0. The maximum atomic E-state index is 3.59. The van der Waals surface area contributed by atoms with Crippen molar-refractivity contribution in [2.45, 2.75) is 20.3 Å². The first-order chi connectivity index (χ1) is 4.27. The highest BCUT2D eigenvalue weighted by molar-refractivity contribution is 4.95. The summed E-state index contributed by atoms with van der Waals surface area (Å²) in [6.07, 6.45) is 9.23. The maximum Gasteiger partial charge on any atom is -0.0136 e. The topological polar surface area (TPSA) is 0 Å². The van der Waals surface area contributed by atoms with Gasteiger partial charge in [-0.1, -0.05) is 32.1 Å². The van der Waals surface area contributed by atoms with Gasteiger partial charge >= 0.3 is 0 Å². The van der Waals surface area contributed by atoms with Crippen LogP contribution in [0.5, 0.6) is 0 Å². The third-order valence-corrected chi connectivity index (χ3v) is 0.960. The van der Waals surface area contributed by atoms with Crippen LogP contribution in [0.25, 0.3) is 0 Å². The minimum Gasteiger partial charge on any atom is -0.103 e. The molecule has 0 aliphatic heterocycles. The largest absolute Gasteiger partial charge is 0.103 e. The molecule has 0 aliphatic rings. The van der Waals surface area contributed by atoms with Gasteiger partial charge in [0, 0.05) is 0 Å². The first kappa shape index (κ1) is 8.48. The van der Waals surface area contributed by atoms with Crippen LogP contribution < -0.4 is 0 Å². The van der Waals surface area contributed by atoms with E-state index in [9.17, 15) is 0 Å². The van der Waals surface area contributed by atoms with E-state index in [2.05, 4.69) is 32.6 Å². The molecule has 0 nitrogen and oxygen atoms in total. The molecule has 1 radical (unpaired) electrons. The summed E-state index contributed by atoms with van der Waals surface area (Å²) in [5.74, 6) is 0.670. The van der Waals surface area contributed by atoms with Gasteiger partial charge in [-0.15, -0.1) is 6.58 Å². The van der Waals surface area contributed by atoms with Crippen molar-refractivity contribution in [1.82, 2.24) is 0 Å². The lowest BCUT2D eigenvalue weighted by atomic mass is 10.2. The highest BCUT2D eigenvalue weighted by atomic mass is 13.9. The number of allylic oxidation sites excluding steroid dienone is 3. The van der Waals surface area contributed by atoms with Gasteiger partial charge in [0.15, 0.2) is 0 Å². The Morgan fingerprint density at radius 1 is 1.44 bits per heavy atom. The Kier molecular flexibility index (Phi) is 5.29. The maximum absolute atomic E-state index is 3.59. The number of hydrogen-bond donors (Lipinski definition) is 0. The monoisotopic (exact) mass is 123 g/mol. The summed E-state index contributed by atoms with van der Waals surface area (Å²) in [6, 6.07) is 0. The smallest absolute Gasteiger partial charge is 0.0136 e. The molecule has 0 aliphatic carbocycles. The van der Waals surface area contributed by atoms with Gasteiger partial charge in [-0.25, -0.2) is 0 Å². The summed E-state index contributed by atoms with van der Waals surface area (Å²) in [7, 11) is 0. The van der Waals surface area contributed by atoms with Crippen molar-refractivity contribution < 1.29 is 0 Å². The van der Waals surface area contributed by atoms with E-state index < -0.39 is 0 Å². The fourth-order valence-corrected chi connectivity index (χ4v) is 0.526. The predicted octanol–water partition coefficient (Wildman–Crippen LogP) is 2.98. The third-order valence-electron chi connectivity index (χ3n) is 0.960. The quantitative estimate of drug-likeness (QED) is 0.398. The summed E-state index contributed by atoms with van der Waals surface area (Å²) in [4.78, 5) is 0. The van der Waals surface area contributed by atoms with Crippen LogP contribution in [0.4, 0.5) is 0 Å². The Morgan fingerprint density at radius 2 is 2.11 bits per heavy atom. The molecule has 0 saturated carbocycles. The Balaban J connectivity index is 3.14. The Hall–Kier alpha value is -0.520. The van der Waals surface area contributed by atoms with Crippen molar-refractivity contribution in [3.05, 3.63) is 31.2 Å². The SMILES string of the molecule is C=C[CH]C/C=C/C(C)C. The molecule has 0 heterocycles. The Morgan fingerprint density at radius 3 is 2.56 bits per heavy atom. The van der Waals surface area contributed by atoms with E-state index in [1.807, 2.05) is 12.5 Å². The van der Waals surface area contributed by atoms with Crippen LogP contribution in [-0.2, 0) is 0 Å². The predicted molar refractivity (Wildman–Crippen MR) is 43.1 cm³/mol. The second-order valence-corrected chi connectivity index (χ2v) is 2.38. The minimum atomic E-state index is 0.670. The zero-order valence-corrected chi connectivity index (χ0v) is 6.30. The molecule has 0 heteroatoms. The fourth-order valence-electron chi connectivity index (χ4n) is 0.526. The molecule has 0 N–H and O–H groups in total. The molecule has 0 aromatic heterocycles. The van der Waals surface area contributed by atoms with Crippen LogP contribution in [0.1, 0.15) is 20.3 Å². The molecular weight excluding hydrogens is 108 g/mol. The molecule has 9 heavy (non-hydrogen) atoms. The molecule has 0 spiro atoms. The molecule has 0 bridgehead atoms. The first-order valence-electron chi connectivity index (χ1n) is 3.38. The lowest BCUT2D eigenvalue weighted by Crippen LogP contribution is -1.76. The minimum absolute atomic E-state index is 0.670. The van der Waals surface area contributed by atoms with E-state index in [0.29, 0.717) is 5.92 Å². The number of rotatable bonds is 4. The molecule has 0 saturated heterocycles. The third kappa shape index (κ3) is 7.48. The first-order valence-corrected chi connectivity index (χ1v) is 3.38. The molecule has 51 valence electrons. The van der Waals surface area contributed by atoms with E-state index in [1.165, 1.54) is 0 Å². The van der Waals surface area contributed by atoms with Gasteiger partial charge in [0.2, 0.25) is 0 Å². The van der Waals surface area contributed by atoms with Crippen molar-refractivity contribution in [3.63, 3.8) is 0 Å². The van der Waals surface area contributed by atoms with E-state index in [0.717, 1.165) is 6.42 Å². The van der Waals surface area contributed by atoms with Crippen LogP contribution in [0.15, 0.2) is 24.8 Å². The normalized spacial score (nSPS) is 11.0. The second kappa shape index (κ2) is 5.61. The van der Waals surface area contributed by atoms with E-state index in [-0.39, 0.29) is 0 Å². The van der Waals surface area contributed by atoms with Crippen LogP contribution in [0.3, 0.4) is 0 Å². The van der Waals surface area contributed by atoms with Crippen molar-refractivity contribution in [2.24, 2.45) is 5.92 Å². The van der Waals surface area contributed by atoms with Crippen molar-refractivity contribution in [3.8, 4) is 0 Å². The standard InChI is InChI=1S/C9H15/c1-4-5-6-7-8-9(2)3/h4-5,7-9H,1,6H2,2-3H3/b8-7+. The van der Waals surface area contributed by atoms with Gasteiger partial charge in [-0.2, -0.15) is 0 Å². The van der Waals surface area contributed by atoms with Crippen LogP contribution in [0, 0.1) is 12.3 Å². The van der Waals surface area contributed by atoms with Crippen molar-refractivity contribution >= 4 is 0 Å². The molecule has 0 fully saturated rings. The number of hydrogen-bond acceptors (Lipinski definition) is 0. The van der Waals surface area contributed by atoms with Crippen LogP contribution in [0.2, 0.25) is 0 Å². The average molecular weight is 123 g/mol. The van der Waals surface area contributed by atoms with Crippen molar-refractivity contribution in [2.75, 3.05) is 0 Å². The molecule has 0 aromatic carbocycles. The fraction of sp³-hybridized carbons (Fsp3) is 0.444. The van der Waals surface area contributed by atoms with Crippen LogP contribution >= 0.6 is 0 Å². The summed E-state index contributed by atoms with van der Waals surface area (Å²) in [6.45, 7) is 7.93. The zero-order chi connectivity index (χ0) is 7.11. The van der Waals surface area contributed by atoms with Gasteiger partial charge in [-0.3, -0.25) is 0 Å². The van der Waals surface area contributed by atoms with E-state index >= 15 is 0 Å². The zero-order valence-electron chi connectivity index (χ0n) is 6.30. The Bertz CT molecular complexity index is 88.2. The summed E-state index contributed by atoms with van der Waals surface area (Å²) in [5.41, 5.74) is 0. The highest BCUT2D eigenvalue weighted by Gasteiger charge is 1.81. The summed E-state index contributed by atoms with van der Waals surface area (Å²) >= 11 is 0. The molecule has 0 unspecified atom stereocenters. The van der Waals surface area contributed by atoms with Gasteiger partial charge in [0.25, 0.3) is 0 Å². The Labute approximate surface area is 58.3 Å². The lowest BCUT2D eigenvalue weighted by molar-refractivity contribution is 0.827.